The quantitative estimate of drug-likeness (QED) is 0.639. The van der Waals surface area contributed by atoms with Crippen molar-refractivity contribution in [3.05, 3.63) is 39.4 Å². The summed E-state index contributed by atoms with van der Waals surface area (Å²) in [5.41, 5.74) is -1.13. The maximum Gasteiger partial charge on any atom is 0.305 e. The molecule has 5 nitrogen and oxygen atoms in total. The number of nitro benzene ring substituents is 1. The molecule has 19 heavy (non-hydrogen) atoms. The molecular formula is C12H16F2N2O3. The molecule has 1 aromatic rings. The second-order valence-corrected chi connectivity index (χ2v) is 4.72. The van der Waals surface area contributed by atoms with Crippen molar-refractivity contribution in [1.82, 2.24) is 5.32 Å². The molecule has 0 saturated heterocycles. The van der Waals surface area contributed by atoms with Crippen LogP contribution in [0.2, 0.25) is 0 Å². The Labute approximate surface area is 109 Å². The van der Waals surface area contributed by atoms with E-state index >= 15 is 0 Å². The van der Waals surface area contributed by atoms with Crippen LogP contribution < -0.4 is 5.32 Å². The molecule has 7 heteroatoms. The third-order valence-corrected chi connectivity index (χ3v) is 2.73. The first-order valence-electron chi connectivity index (χ1n) is 5.65. The summed E-state index contributed by atoms with van der Waals surface area (Å²) in [5, 5.41) is 13.5. The van der Waals surface area contributed by atoms with Gasteiger partial charge in [0, 0.05) is 37.9 Å². The number of rotatable bonds is 6. The number of halogens is 2. The summed E-state index contributed by atoms with van der Waals surface area (Å²) < 4.78 is 31.7. The lowest BCUT2D eigenvalue weighted by Gasteiger charge is -2.23. The zero-order chi connectivity index (χ0) is 14.6. The number of ether oxygens (including phenoxy) is 1. The Morgan fingerprint density at radius 2 is 2.00 bits per heavy atom. The molecule has 1 aromatic carbocycles. The van der Waals surface area contributed by atoms with Gasteiger partial charge >= 0.3 is 5.69 Å². The fraction of sp³-hybridized carbons (Fsp3) is 0.500. The lowest BCUT2D eigenvalue weighted by molar-refractivity contribution is -0.387. The zero-order valence-corrected chi connectivity index (χ0v) is 11.0. The first-order valence-corrected chi connectivity index (χ1v) is 5.65. The Morgan fingerprint density at radius 3 is 2.53 bits per heavy atom. The highest BCUT2D eigenvalue weighted by molar-refractivity contribution is 5.37. The van der Waals surface area contributed by atoms with Crippen LogP contribution >= 0.6 is 0 Å². The topological polar surface area (TPSA) is 64.4 Å². The van der Waals surface area contributed by atoms with E-state index in [-0.39, 0.29) is 12.1 Å². The van der Waals surface area contributed by atoms with Crippen LogP contribution in [0.3, 0.4) is 0 Å². The van der Waals surface area contributed by atoms with E-state index in [9.17, 15) is 18.9 Å². The summed E-state index contributed by atoms with van der Waals surface area (Å²) in [6, 6.07) is 1.42. The minimum absolute atomic E-state index is 0.0417. The molecule has 0 spiro atoms. The monoisotopic (exact) mass is 274 g/mol. The molecule has 0 amide bonds. The molecular weight excluding hydrogens is 258 g/mol. The van der Waals surface area contributed by atoms with Crippen LogP contribution in [0, 0.1) is 21.7 Å². The van der Waals surface area contributed by atoms with Crippen molar-refractivity contribution in [3.8, 4) is 0 Å². The first kappa shape index (κ1) is 15.5. The number of methoxy groups -OCH3 is 1. The van der Waals surface area contributed by atoms with Gasteiger partial charge < -0.3 is 10.1 Å². The maximum atomic E-state index is 13.5. The number of nitro groups is 1. The molecule has 0 unspecified atom stereocenters. The number of benzene rings is 1. The van der Waals surface area contributed by atoms with Crippen molar-refractivity contribution < 1.29 is 18.4 Å². The first-order chi connectivity index (χ1) is 8.76. The number of hydrogen-bond donors (Lipinski definition) is 1. The minimum Gasteiger partial charge on any atom is -0.377 e. The van der Waals surface area contributed by atoms with E-state index in [0.29, 0.717) is 12.6 Å². The van der Waals surface area contributed by atoms with Gasteiger partial charge in [-0.15, -0.1) is 0 Å². The molecule has 0 fully saturated rings. The van der Waals surface area contributed by atoms with Gasteiger partial charge in [0.15, 0.2) is 0 Å². The van der Waals surface area contributed by atoms with Crippen molar-refractivity contribution in [2.24, 2.45) is 0 Å². The van der Waals surface area contributed by atoms with Crippen LogP contribution in [0.15, 0.2) is 12.1 Å². The summed E-state index contributed by atoms with van der Waals surface area (Å²) in [6.07, 6.45) is 0. The van der Waals surface area contributed by atoms with E-state index in [2.05, 4.69) is 5.32 Å². The lowest BCUT2D eigenvalue weighted by Crippen LogP contribution is -2.36. The molecule has 0 radical (unpaired) electrons. The van der Waals surface area contributed by atoms with Crippen molar-refractivity contribution in [2.75, 3.05) is 13.7 Å². The predicted molar refractivity (Wildman–Crippen MR) is 65.8 cm³/mol. The summed E-state index contributed by atoms with van der Waals surface area (Å²) in [6.45, 7) is 4.15. The smallest absolute Gasteiger partial charge is 0.305 e. The van der Waals surface area contributed by atoms with Gasteiger partial charge in [-0.1, -0.05) is 0 Å². The molecule has 0 bridgehead atoms. The van der Waals surface area contributed by atoms with Gasteiger partial charge in [-0.05, 0) is 13.8 Å². The normalized spacial score (nSPS) is 11.6. The van der Waals surface area contributed by atoms with Gasteiger partial charge in [0.1, 0.15) is 5.82 Å². The molecule has 0 heterocycles. The third-order valence-electron chi connectivity index (χ3n) is 2.73. The Morgan fingerprint density at radius 1 is 1.37 bits per heavy atom. The molecule has 0 atom stereocenters. The highest BCUT2D eigenvalue weighted by Gasteiger charge is 2.19. The lowest BCUT2D eigenvalue weighted by atomic mass is 10.1. The average Bonchev–Trinajstić information content (AvgIpc) is 2.31. The maximum absolute atomic E-state index is 13.5. The number of nitrogens with one attached hydrogen (secondary N) is 1. The SMILES string of the molecule is COC(C)(C)CNCc1cc([N+](=O)[O-])c(F)cc1F. The molecule has 0 aliphatic carbocycles. The van der Waals surface area contributed by atoms with Gasteiger partial charge in [-0.25, -0.2) is 4.39 Å². The van der Waals surface area contributed by atoms with Crippen molar-refractivity contribution >= 4 is 5.69 Å². The van der Waals surface area contributed by atoms with Gasteiger partial charge in [-0.3, -0.25) is 10.1 Å². The van der Waals surface area contributed by atoms with E-state index in [4.69, 9.17) is 4.74 Å². The second-order valence-electron chi connectivity index (χ2n) is 4.72. The van der Waals surface area contributed by atoms with Crippen LogP contribution in [0.4, 0.5) is 14.5 Å². The summed E-state index contributed by atoms with van der Waals surface area (Å²) in [7, 11) is 1.55. The fourth-order valence-electron chi connectivity index (χ4n) is 1.43. The minimum atomic E-state index is -1.18. The molecule has 0 aliphatic heterocycles. The Balaban J connectivity index is 2.79. The molecule has 1 rings (SSSR count). The predicted octanol–water partition coefficient (Wildman–Crippen LogP) is 2.39. The zero-order valence-electron chi connectivity index (χ0n) is 11.0. The van der Waals surface area contributed by atoms with Crippen LogP contribution in [-0.2, 0) is 11.3 Å². The Kier molecular flexibility index (Phi) is 4.90. The average molecular weight is 274 g/mol. The van der Waals surface area contributed by atoms with Crippen molar-refractivity contribution in [1.29, 1.82) is 0 Å². The Hall–Kier alpha value is -1.60. The fourth-order valence-corrected chi connectivity index (χ4v) is 1.43. The van der Waals surface area contributed by atoms with Crippen molar-refractivity contribution in [3.63, 3.8) is 0 Å². The van der Waals surface area contributed by atoms with Crippen LogP contribution in [0.5, 0.6) is 0 Å². The van der Waals surface area contributed by atoms with E-state index in [1.807, 2.05) is 13.8 Å². The standard InChI is InChI=1S/C12H16F2N2O3/c1-12(2,19-3)7-15-6-8-4-11(16(17)18)10(14)5-9(8)13/h4-5,15H,6-7H2,1-3H3. The summed E-state index contributed by atoms with van der Waals surface area (Å²) in [5.74, 6) is -1.99. The van der Waals surface area contributed by atoms with Crippen LogP contribution in [0.25, 0.3) is 0 Å². The van der Waals surface area contributed by atoms with Gasteiger partial charge in [0.25, 0.3) is 0 Å². The highest BCUT2D eigenvalue weighted by Crippen LogP contribution is 2.21. The van der Waals surface area contributed by atoms with Gasteiger partial charge in [-0.2, -0.15) is 4.39 Å². The van der Waals surface area contributed by atoms with Crippen LogP contribution in [0.1, 0.15) is 19.4 Å². The Bertz CT molecular complexity index is 478. The summed E-state index contributed by atoms with van der Waals surface area (Å²) >= 11 is 0. The molecule has 0 aromatic heterocycles. The third kappa shape index (κ3) is 4.22. The van der Waals surface area contributed by atoms with Gasteiger partial charge in [0.05, 0.1) is 10.5 Å². The summed E-state index contributed by atoms with van der Waals surface area (Å²) in [4.78, 5) is 9.69. The number of hydrogen-bond acceptors (Lipinski definition) is 4. The highest BCUT2D eigenvalue weighted by atomic mass is 19.1. The van der Waals surface area contributed by atoms with Gasteiger partial charge in [0.2, 0.25) is 5.82 Å². The van der Waals surface area contributed by atoms with Crippen LogP contribution in [-0.4, -0.2) is 24.2 Å². The molecule has 0 saturated carbocycles. The molecule has 106 valence electrons. The number of nitrogens with zero attached hydrogens (tertiary/aromatic N) is 1. The van der Waals surface area contributed by atoms with E-state index in [1.54, 1.807) is 7.11 Å². The van der Waals surface area contributed by atoms with E-state index in [1.165, 1.54) is 0 Å². The molecule has 0 aliphatic rings. The van der Waals surface area contributed by atoms with E-state index < -0.39 is 27.8 Å². The molecule has 1 N–H and O–H groups in total. The van der Waals surface area contributed by atoms with E-state index in [0.717, 1.165) is 6.07 Å². The van der Waals surface area contributed by atoms with Crippen molar-refractivity contribution in [2.45, 2.75) is 26.0 Å². The largest absolute Gasteiger partial charge is 0.377 e. The second kappa shape index (κ2) is 6.03.